The molecule has 8 heteroatoms. The highest BCUT2D eigenvalue weighted by molar-refractivity contribution is 8.14. The van der Waals surface area contributed by atoms with Crippen molar-refractivity contribution in [3.63, 3.8) is 0 Å². The molecule has 0 saturated heterocycles. The zero-order valence-corrected chi connectivity index (χ0v) is 11.9. The zero-order valence-electron chi connectivity index (χ0n) is 10.3. The number of methoxy groups -OCH3 is 1. The van der Waals surface area contributed by atoms with E-state index in [4.69, 9.17) is 9.84 Å². The Kier molecular flexibility index (Phi) is 4.33. The number of nitrogens with zero attached hydrogens (tertiary/aromatic N) is 1. The number of ether oxygens (including phenoxy) is 1. The lowest BCUT2D eigenvalue weighted by molar-refractivity contribution is 0.296. The zero-order chi connectivity index (χ0) is 13.9. The monoisotopic (exact) mass is 302 g/mol. The molecule has 1 aromatic carbocycles. The number of fused-ring (bicyclic) bond motifs is 1. The lowest BCUT2D eigenvalue weighted by atomic mass is 10.3. The molecule has 2 N–H and O–H groups in total. The van der Waals surface area contributed by atoms with Crippen LogP contribution in [0.1, 0.15) is 6.42 Å². The Morgan fingerprint density at radius 3 is 2.95 bits per heavy atom. The number of sulfonamides is 1. The summed E-state index contributed by atoms with van der Waals surface area (Å²) in [5.74, 6) is 1.07. The Morgan fingerprint density at radius 1 is 1.47 bits per heavy atom. The number of aliphatic hydroxyl groups excluding tert-OH is 1. The van der Waals surface area contributed by atoms with Crippen LogP contribution in [0.3, 0.4) is 0 Å². The molecule has 0 spiro atoms. The van der Waals surface area contributed by atoms with Gasteiger partial charge in [-0.3, -0.25) is 0 Å². The number of nitrogens with one attached hydrogen (secondary N) is 1. The SMILES string of the molecule is COc1ccc2c(c1)S(=O)(=O)N=C(SCCCO)N2. The second kappa shape index (κ2) is 5.81. The first-order valence-electron chi connectivity index (χ1n) is 5.60. The van der Waals surface area contributed by atoms with Gasteiger partial charge in [0.05, 0.1) is 12.8 Å². The molecule has 0 amide bonds. The summed E-state index contributed by atoms with van der Waals surface area (Å²) < 4.78 is 32.8. The topological polar surface area (TPSA) is 88.0 Å². The van der Waals surface area contributed by atoms with Gasteiger partial charge in [-0.05, 0) is 18.6 Å². The number of thioether (sulfide) groups is 1. The summed E-state index contributed by atoms with van der Waals surface area (Å²) in [4.78, 5) is 0.110. The number of benzene rings is 1. The Morgan fingerprint density at radius 2 is 2.26 bits per heavy atom. The maximum atomic E-state index is 12.0. The second-order valence-corrected chi connectivity index (χ2v) is 6.44. The average Bonchev–Trinajstić information content (AvgIpc) is 2.38. The number of hydrogen-bond donors (Lipinski definition) is 2. The fraction of sp³-hybridized carbons (Fsp3) is 0.364. The fourth-order valence-corrected chi connectivity index (χ4v) is 3.72. The first-order chi connectivity index (χ1) is 9.06. The largest absolute Gasteiger partial charge is 0.497 e. The first kappa shape index (κ1) is 14.2. The highest BCUT2D eigenvalue weighted by Crippen LogP contribution is 2.32. The van der Waals surface area contributed by atoms with Gasteiger partial charge in [-0.25, -0.2) is 0 Å². The third-order valence-electron chi connectivity index (χ3n) is 2.45. The highest BCUT2D eigenvalue weighted by atomic mass is 32.2. The van der Waals surface area contributed by atoms with Crippen LogP contribution in [0.4, 0.5) is 5.69 Å². The number of hydrogen-bond acceptors (Lipinski definition) is 6. The summed E-state index contributed by atoms with van der Waals surface area (Å²) in [6.07, 6.45) is 0.584. The molecule has 1 heterocycles. The fourth-order valence-electron chi connectivity index (χ4n) is 1.54. The summed E-state index contributed by atoms with van der Waals surface area (Å²) in [6, 6.07) is 4.77. The van der Waals surface area contributed by atoms with Crippen LogP contribution in [0.15, 0.2) is 27.5 Å². The van der Waals surface area contributed by atoms with Crippen LogP contribution >= 0.6 is 11.8 Å². The van der Waals surface area contributed by atoms with Crippen molar-refractivity contribution in [2.75, 3.05) is 24.8 Å². The minimum absolute atomic E-state index is 0.0703. The highest BCUT2D eigenvalue weighted by Gasteiger charge is 2.25. The predicted octanol–water partition coefficient (Wildman–Crippen LogP) is 1.28. The second-order valence-electron chi connectivity index (χ2n) is 3.78. The Balaban J connectivity index is 2.27. The van der Waals surface area contributed by atoms with Gasteiger partial charge in [-0.15, -0.1) is 4.40 Å². The normalized spacial score (nSPS) is 16.2. The Hall–Kier alpha value is -1.25. The minimum Gasteiger partial charge on any atom is -0.497 e. The van der Waals surface area contributed by atoms with Crippen molar-refractivity contribution in [1.29, 1.82) is 0 Å². The molecule has 0 aromatic heterocycles. The van der Waals surface area contributed by atoms with E-state index in [2.05, 4.69) is 9.71 Å². The van der Waals surface area contributed by atoms with E-state index in [0.29, 0.717) is 28.8 Å². The van der Waals surface area contributed by atoms with E-state index >= 15 is 0 Å². The van der Waals surface area contributed by atoms with Crippen molar-refractivity contribution in [3.05, 3.63) is 18.2 Å². The molecule has 0 saturated carbocycles. The van der Waals surface area contributed by atoms with Crippen LogP contribution in [-0.4, -0.2) is 38.2 Å². The summed E-state index contributed by atoms with van der Waals surface area (Å²) in [6.45, 7) is 0.0703. The summed E-state index contributed by atoms with van der Waals surface area (Å²) >= 11 is 1.27. The predicted molar refractivity (Wildman–Crippen MR) is 75.4 cm³/mol. The molecule has 1 aliphatic heterocycles. The quantitative estimate of drug-likeness (QED) is 0.815. The van der Waals surface area contributed by atoms with Gasteiger partial charge in [0, 0.05) is 18.4 Å². The molecule has 1 aliphatic rings. The molecule has 0 unspecified atom stereocenters. The molecule has 1 aromatic rings. The molecule has 2 rings (SSSR count). The van der Waals surface area contributed by atoms with Gasteiger partial charge in [-0.1, -0.05) is 11.8 Å². The van der Waals surface area contributed by atoms with E-state index in [0.717, 1.165) is 0 Å². The molecular weight excluding hydrogens is 288 g/mol. The molecule has 0 fully saturated rings. The van der Waals surface area contributed by atoms with E-state index in [1.807, 2.05) is 0 Å². The van der Waals surface area contributed by atoms with Crippen molar-refractivity contribution in [2.45, 2.75) is 11.3 Å². The van der Waals surface area contributed by atoms with Gasteiger partial charge in [0.2, 0.25) is 0 Å². The number of anilines is 1. The maximum Gasteiger partial charge on any atom is 0.286 e. The lowest BCUT2D eigenvalue weighted by Crippen LogP contribution is -2.19. The van der Waals surface area contributed by atoms with Crippen molar-refractivity contribution in [3.8, 4) is 5.75 Å². The first-order valence-corrected chi connectivity index (χ1v) is 8.03. The van der Waals surface area contributed by atoms with Crippen molar-refractivity contribution in [1.82, 2.24) is 0 Å². The molecule has 0 atom stereocenters. The summed E-state index contributed by atoms with van der Waals surface area (Å²) in [7, 11) is -2.22. The van der Waals surface area contributed by atoms with Gasteiger partial charge >= 0.3 is 0 Å². The smallest absolute Gasteiger partial charge is 0.286 e. The Bertz CT molecular complexity index is 599. The standard InChI is InChI=1S/C11H14N2O4S2/c1-17-8-3-4-9-10(7-8)19(15,16)13-11(12-9)18-6-2-5-14/h3-4,7,14H,2,5-6H2,1H3,(H,12,13). The molecule has 0 radical (unpaired) electrons. The molecule has 0 bridgehead atoms. The van der Waals surface area contributed by atoms with Gasteiger partial charge in [0.1, 0.15) is 10.6 Å². The van der Waals surface area contributed by atoms with Crippen LogP contribution in [0, 0.1) is 0 Å². The van der Waals surface area contributed by atoms with Crippen molar-refractivity contribution >= 4 is 32.6 Å². The van der Waals surface area contributed by atoms with Gasteiger partial charge in [0.15, 0.2) is 5.17 Å². The van der Waals surface area contributed by atoms with E-state index in [9.17, 15) is 8.42 Å². The van der Waals surface area contributed by atoms with Crippen LogP contribution in [0.5, 0.6) is 5.75 Å². The molecule has 19 heavy (non-hydrogen) atoms. The van der Waals surface area contributed by atoms with Crippen LogP contribution in [0.25, 0.3) is 0 Å². The molecule has 0 aliphatic carbocycles. The lowest BCUT2D eigenvalue weighted by Gasteiger charge is -2.18. The van der Waals surface area contributed by atoms with Gasteiger partial charge in [-0.2, -0.15) is 8.42 Å². The van der Waals surface area contributed by atoms with Gasteiger partial charge < -0.3 is 15.2 Å². The van der Waals surface area contributed by atoms with E-state index in [1.54, 1.807) is 12.1 Å². The van der Waals surface area contributed by atoms with E-state index in [-0.39, 0.29) is 11.5 Å². The van der Waals surface area contributed by atoms with Crippen molar-refractivity contribution < 1.29 is 18.3 Å². The summed E-state index contributed by atoms with van der Waals surface area (Å²) in [5, 5.41) is 12.0. The van der Waals surface area contributed by atoms with Crippen LogP contribution in [-0.2, 0) is 10.0 Å². The average molecular weight is 302 g/mol. The van der Waals surface area contributed by atoms with Crippen LogP contribution in [0.2, 0.25) is 0 Å². The molecule has 6 nitrogen and oxygen atoms in total. The summed E-state index contributed by atoms with van der Waals surface area (Å²) in [5.41, 5.74) is 0.488. The van der Waals surface area contributed by atoms with E-state index in [1.165, 1.54) is 24.9 Å². The third kappa shape index (κ3) is 3.20. The Labute approximate surface area is 115 Å². The molecular formula is C11H14N2O4S2. The molecule has 104 valence electrons. The number of amidine groups is 1. The number of rotatable bonds is 4. The minimum atomic E-state index is -3.70. The van der Waals surface area contributed by atoms with Gasteiger partial charge in [0.25, 0.3) is 10.0 Å². The number of aliphatic hydroxyl groups is 1. The maximum absolute atomic E-state index is 12.0. The van der Waals surface area contributed by atoms with Crippen molar-refractivity contribution in [2.24, 2.45) is 4.40 Å². The van der Waals surface area contributed by atoms with E-state index < -0.39 is 10.0 Å². The van der Waals surface area contributed by atoms with Crippen LogP contribution < -0.4 is 10.1 Å². The third-order valence-corrected chi connectivity index (χ3v) is 4.84.